The van der Waals surface area contributed by atoms with Gasteiger partial charge in [-0.25, -0.2) is 0 Å². The molecule has 0 aliphatic carbocycles. The summed E-state index contributed by atoms with van der Waals surface area (Å²) in [5, 5.41) is 6.11. The van der Waals surface area contributed by atoms with Gasteiger partial charge >= 0.3 is 0 Å². The normalized spacial score (nSPS) is 13.4. The van der Waals surface area contributed by atoms with Gasteiger partial charge in [-0.15, -0.1) is 0 Å². The molecule has 0 bridgehead atoms. The number of allylic oxidation sites excluding steroid dienone is 1. The third-order valence-electron chi connectivity index (χ3n) is 5.49. The molecular weight excluding hydrogens is 399 g/mol. The largest absolute Gasteiger partial charge is 0.0984 e. The van der Waals surface area contributed by atoms with Crippen molar-refractivity contribution >= 4 is 56.7 Å². The number of hydrogen-bond acceptors (Lipinski definition) is 1. The topological polar surface area (TPSA) is 0 Å². The lowest BCUT2D eigenvalue weighted by Crippen LogP contribution is -2.25. The van der Waals surface area contributed by atoms with Crippen molar-refractivity contribution in [3.8, 4) is 0 Å². The molecule has 0 heterocycles. The lowest BCUT2D eigenvalue weighted by Gasteiger charge is -2.25. The summed E-state index contributed by atoms with van der Waals surface area (Å²) in [6, 6.07) is 28.3. The van der Waals surface area contributed by atoms with E-state index in [1.54, 1.807) is 0 Å². The second-order valence-electron chi connectivity index (χ2n) is 7.49. The fraction of sp³-hybridized carbons (Fsp3) is 0.0714. The van der Waals surface area contributed by atoms with Crippen molar-refractivity contribution in [3.63, 3.8) is 0 Å². The van der Waals surface area contributed by atoms with Crippen LogP contribution in [0.25, 0.3) is 22.9 Å². The molecule has 4 rings (SSSR count). The minimum atomic E-state index is -2.22. The molecule has 0 saturated carbocycles. The van der Waals surface area contributed by atoms with E-state index in [0.717, 1.165) is 11.1 Å². The van der Waals surface area contributed by atoms with Crippen LogP contribution in [0.5, 0.6) is 0 Å². The van der Waals surface area contributed by atoms with Crippen molar-refractivity contribution in [2.75, 3.05) is 0 Å². The predicted octanol–water partition coefficient (Wildman–Crippen LogP) is 6.58. The van der Waals surface area contributed by atoms with Crippen molar-refractivity contribution in [1.29, 1.82) is 0 Å². The van der Waals surface area contributed by atoms with E-state index in [0.29, 0.717) is 0 Å². The van der Waals surface area contributed by atoms with Crippen molar-refractivity contribution in [3.05, 3.63) is 114 Å². The average molecular weight is 425 g/mol. The standard InChI is InChI=1S/C28H25PS/c1-4-8-24-19-27(17-13-22(24)5-2)29(30,26-15-11-21(3)12-16-26)28-18-14-23-9-6-7-10-25(23)20-28/h4-20H,2H2,1,3H3/b8-4-. The molecule has 2 heteroatoms. The number of rotatable bonds is 5. The second kappa shape index (κ2) is 8.56. The zero-order valence-electron chi connectivity index (χ0n) is 17.4. The summed E-state index contributed by atoms with van der Waals surface area (Å²) in [5.74, 6) is 0. The van der Waals surface area contributed by atoms with E-state index in [4.69, 9.17) is 11.8 Å². The van der Waals surface area contributed by atoms with Gasteiger partial charge in [-0.05, 0) is 63.8 Å². The molecular formula is C28H25PS. The third-order valence-corrected chi connectivity index (χ3v) is 10.4. The Morgan fingerprint density at radius 1 is 0.733 bits per heavy atom. The fourth-order valence-electron chi connectivity index (χ4n) is 3.84. The summed E-state index contributed by atoms with van der Waals surface area (Å²) in [7, 11) is 0. The van der Waals surface area contributed by atoms with E-state index in [2.05, 4.69) is 111 Å². The molecule has 4 aromatic rings. The zero-order valence-corrected chi connectivity index (χ0v) is 19.1. The van der Waals surface area contributed by atoms with Crippen molar-refractivity contribution in [2.24, 2.45) is 0 Å². The quantitative estimate of drug-likeness (QED) is 0.326. The highest BCUT2D eigenvalue weighted by Gasteiger charge is 2.25. The first kappa shape index (κ1) is 20.5. The van der Waals surface area contributed by atoms with Crippen LogP contribution in [0.4, 0.5) is 0 Å². The van der Waals surface area contributed by atoms with Gasteiger partial charge in [0.25, 0.3) is 0 Å². The monoisotopic (exact) mass is 424 g/mol. The Kier molecular flexibility index (Phi) is 5.86. The molecule has 0 spiro atoms. The van der Waals surface area contributed by atoms with Crippen LogP contribution in [-0.4, -0.2) is 0 Å². The second-order valence-corrected chi connectivity index (χ2v) is 11.9. The van der Waals surface area contributed by atoms with Crippen LogP contribution in [0, 0.1) is 6.92 Å². The maximum atomic E-state index is 6.59. The number of hydrogen-bond donors (Lipinski definition) is 0. The fourth-order valence-corrected chi connectivity index (χ4v) is 7.56. The summed E-state index contributed by atoms with van der Waals surface area (Å²) >= 11 is 6.59. The van der Waals surface area contributed by atoms with Crippen molar-refractivity contribution in [2.45, 2.75) is 13.8 Å². The van der Waals surface area contributed by atoms with E-state index in [1.165, 1.54) is 32.2 Å². The van der Waals surface area contributed by atoms with E-state index < -0.39 is 6.04 Å². The van der Waals surface area contributed by atoms with Crippen LogP contribution in [-0.2, 0) is 11.8 Å². The zero-order chi connectivity index (χ0) is 21.1. The Bertz CT molecular complexity index is 1300. The minimum Gasteiger partial charge on any atom is -0.0984 e. The first-order chi connectivity index (χ1) is 14.6. The van der Waals surface area contributed by atoms with Crippen LogP contribution in [0.2, 0.25) is 0 Å². The minimum absolute atomic E-state index is 1.13. The van der Waals surface area contributed by atoms with Crippen LogP contribution >= 0.6 is 6.04 Å². The van der Waals surface area contributed by atoms with E-state index in [-0.39, 0.29) is 0 Å². The average Bonchev–Trinajstić information content (AvgIpc) is 2.79. The van der Waals surface area contributed by atoms with Gasteiger partial charge in [0.1, 0.15) is 0 Å². The summed E-state index contributed by atoms with van der Waals surface area (Å²) in [6.07, 6.45) is 6.11. The highest BCUT2D eigenvalue weighted by Crippen LogP contribution is 2.44. The molecule has 30 heavy (non-hydrogen) atoms. The lowest BCUT2D eigenvalue weighted by atomic mass is 10.1. The van der Waals surface area contributed by atoms with Crippen LogP contribution in [0.3, 0.4) is 0 Å². The number of aryl methyl sites for hydroxylation is 1. The van der Waals surface area contributed by atoms with Gasteiger partial charge in [-0.2, -0.15) is 0 Å². The molecule has 0 N–H and O–H groups in total. The van der Waals surface area contributed by atoms with E-state index in [9.17, 15) is 0 Å². The maximum Gasteiger partial charge on any atom is 0.0379 e. The SMILES string of the molecule is C=Cc1ccc(P(=S)(c2ccc(C)cc2)c2ccc3ccccc3c2)cc1/C=C\C. The molecule has 0 aromatic heterocycles. The third kappa shape index (κ3) is 3.72. The molecule has 1 atom stereocenters. The van der Waals surface area contributed by atoms with Gasteiger partial charge < -0.3 is 0 Å². The molecule has 4 aromatic carbocycles. The molecule has 148 valence electrons. The van der Waals surface area contributed by atoms with Gasteiger partial charge in [0.15, 0.2) is 0 Å². The summed E-state index contributed by atoms with van der Waals surface area (Å²) < 4.78 is 0. The number of benzene rings is 4. The molecule has 0 amide bonds. The Balaban J connectivity index is 2.01. The van der Waals surface area contributed by atoms with Gasteiger partial charge in [0.2, 0.25) is 0 Å². The van der Waals surface area contributed by atoms with E-state index in [1.807, 2.05) is 13.0 Å². The summed E-state index contributed by atoms with van der Waals surface area (Å²) in [4.78, 5) is 0. The summed E-state index contributed by atoms with van der Waals surface area (Å²) in [6.45, 7) is 8.13. The van der Waals surface area contributed by atoms with E-state index >= 15 is 0 Å². The van der Waals surface area contributed by atoms with Crippen LogP contribution in [0.15, 0.2) is 97.6 Å². The molecule has 0 nitrogen and oxygen atoms in total. The highest BCUT2D eigenvalue weighted by molar-refractivity contribution is 8.25. The van der Waals surface area contributed by atoms with Crippen molar-refractivity contribution in [1.82, 2.24) is 0 Å². The molecule has 0 saturated heterocycles. The highest BCUT2D eigenvalue weighted by atomic mass is 32.4. The van der Waals surface area contributed by atoms with Crippen LogP contribution in [0.1, 0.15) is 23.6 Å². The summed E-state index contributed by atoms with van der Waals surface area (Å²) in [5.41, 5.74) is 3.53. The lowest BCUT2D eigenvalue weighted by molar-refractivity contribution is 1.49. The van der Waals surface area contributed by atoms with Gasteiger partial charge in [0.05, 0.1) is 0 Å². The molecule has 0 aliphatic heterocycles. The predicted molar refractivity (Wildman–Crippen MR) is 140 cm³/mol. The first-order valence-electron chi connectivity index (χ1n) is 10.1. The van der Waals surface area contributed by atoms with Gasteiger partial charge in [0, 0.05) is 6.04 Å². The smallest absolute Gasteiger partial charge is 0.0379 e. The van der Waals surface area contributed by atoms with Crippen molar-refractivity contribution < 1.29 is 0 Å². The molecule has 0 radical (unpaired) electrons. The molecule has 0 fully saturated rings. The Morgan fingerprint density at radius 2 is 1.37 bits per heavy atom. The van der Waals surface area contributed by atoms with Crippen LogP contribution < -0.4 is 15.9 Å². The Morgan fingerprint density at radius 3 is 2.07 bits per heavy atom. The molecule has 1 unspecified atom stereocenters. The number of fused-ring (bicyclic) bond motifs is 1. The van der Waals surface area contributed by atoms with Gasteiger partial charge in [-0.3, -0.25) is 0 Å². The first-order valence-corrected chi connectivity index (χ1v) is 12.9. The Hall–Kier alpha value is -2.73. The Labute approximate surface area is 184 Å². The van der Waals surface area contributed by atoms with Gasteiger partial charge in [-0.1, -0.05) is 115 Å². The molecule has 0 aliphatic rings. The maximum absolute atomic E-state index is 6.59.